The van der Waals surface area contributed by atoms with Crippen LogP contribution in [0, 0.1) is 11.8 Å². The minimum atomic E-state index is -1.27. The predicted octanol–water partition coefficient (Wildman–Crippen LogP) is 0.953. The van der Waals surface area contributed by atoms with Gasteiger partial charge in [0, 0.05) is 25.7 Å². The Balaban J connectivity index is 1.95. The zero-order chi connectivity index (χ0) is 23.6. The van der Waals surface area contributed by atoms with Crippen molar-refractivity contribution in [3.8, 4) is 0 Å². The van der Waals surface area contributed by atoms with Gasteiger partial charge in [-0.05, 0) is 34.1 Å². The summed E-state index contributed by atoms with van der Waals surface area (Å²) in [6, 6.07) is -1.52. The van der Waals surface area contributed by atoms with E-state index in [0.29, 0.717) is 19.5 Å². The number of aliphatic hydroxyl groups excluding tert-OH is 1. The molecule has 0 saturated carbocycles. The molecule has 0 aromatic rings. The van der Waals surface area contributed by atoms with Crippen molar-refractivity contribution in [1.82, 2.24) is 14.7 Å². The van der Waals surface area contributed by atoms with Crippen LogP contribution >= 0.6 is 0 Å². The number of likely N-dealkylation sites (N-methyl/N-ethyl adjacent to an activating group) is 1. The number of amides is 3. The van der Waals surface area contributed by atoms with Gasteiger partial charge in [0.1, 0.15) is 11.6 Å². The first-order valence-electron chi connectivity index (χ1n) is 11.5. The van der Waals surface area contributed by atoms with E-state index in [4.69, 9.17) is 4.74 Å². The molecule has 0 aliphatic carbocycles. The number of carbonyl (C=O) groups is 3. The molecule has 2 saturated heterocycles. The second-order valence-corrected chi connectivity index (χ2v) is 10.5. The molecule has 0 aromatic carbocycles. The van der Waals surface area contributed by atoms with Crippen LogP contribution in [0.15, 0.2) is 24.3 Å². The molecule has 1 spiro atoms. The van der Waals surface area contributed by atoms with Crippen LogP contribution in [0.3, 0.4) is 0 Å². The van der Waals surface area contributed by atoms with Crippen LogP contribution in [0.4, 0.5) is 0 Å². The second kappa shape index (κ2) is 7.42. The Hall–Kier alpha value is -2.19. The molecule has 4 aliphatic heterocycles. The number of nitrogens with zero attached hydrogens (tertiary/aromatic N) is 3. The average Bonchev–Trinajstić information content (AvgIpc) is 3.03. The van der Waals surface area contributed by atoms with Crippen molar-refractivity contribution in [3.63, 3.8) is 0 Å². The van der Waals surface area contributed by atoms with Gasteiger partial charge in [0.15, 0.2) is 0 Å². The highest BCUT2D eigenvalue weighted by Gasteiger charge is 2.75. The van der Waals surface area contributed by atoms with E-state index in [1.165, 1.54) is 4.90 Å². The minimum absolute atomic E-state index is 0.151. The molecule has 0 radical (unpaired) electrons. The van der Waals surface area contributed by atoms with Crippen molar-refractivity contribution in [2.24, 2.45) is 11.8 Å². The third-order valence-electron chi connectivity index (χ3n) is 7.63. The van der Waals surface area contributed by atoms with Gasteiger partial charge in [-0.1, -0.05) is 31.2 Å². The van der Waals surface area contributed by atoms with Crippen molar-refractivity contribution >= 4 is 17.7 Å². The molecule has 0 bridgehead atoms. The van der Waals surface area contributed by atoms with E-state index in [0.717, 1.165) is 0 Å². The molecular formula is C24H35N3O5. The summed E-state index contributed by atoms with van der Waals surface area (Å²) >= 11 is 0. The van der Waals surface area contributed by atoms with Crippen LogP contribution in [0.1, 0.15) is 41.0 Å². The molecule has 176 valence electrons. The fraction of sp³-hybridized carbons (Fsp3) is 0.708. The van der Waals surface area contributed by atoms with E-state index >= 15 is 0 Å². The molecule has 0 aromatic heterocycles. The van der Waals surface area contributed by atoms with Crippen LogP contribution in [-0.2, 0) is 19.1 Å². The van der Waals surface area contributed by atoms with Gasteiger partial charge in [-0.25, -0.2) is 0 Å². The molecule has 8 heteroatoms. The summed E-state index contributed by atoms with van der Waals surface area (Å²) in [6.45, 7) is 10.1. The summed E-state index contributed by atoms with van der Waals surface area (Å²) in [5.74, 6) is -2.24. The Labute approximate surface area is 189 Å². The quantitative estimate of drug-likeness (QED) is 0.654. The fourth-order valence-electron chi connectivity index (χ4n) is 5.99. The summed E-state index contributed by atoms with van der Waals surface area (Å²) in [5.41, 5.74) is -2.70. The molecule has 32 heavy (non-hydrogen) atoms. The van der Waals surface area contributed by atoms with E-state index in [-0.39, 0.29) is 24.3 Å². The van der Waals surface area contributed by atoms with Crippen molar-refractivity contribution in [2.45, 2.75) is 69.9 Å². The zero-order valence-electron chi connectivity index (χ0n) is 19.9. The SMILES string of the molecule is CC[C@]12C=CCN(C)C(=O)[C@H]1[C@H]1C(=O)N([C@H](C)CO)C3C(=O)N(C(C)(C)C)CC=C[C@@]31O2. The molecule has 2 fully saturated rings. The van der Waals surface area contributed by atoms with Gasteiger partial charge in [-0.3, -0.25) is 14.4 Å². The van der Waals surface area contributed by atoms with Gasteiger partial charge in [0.25, 0.3) is 0 Å². The van der Waals surface area contributed by atoms with Gasteiger partial charge < -0.3 is 24.5 Å². The maximum absolute atomic E-state index is 14.0. The Kier molecular flexibility index (Phi) is 5.33. The summed E-state index contributed by atoms with van der Waals surface area (Å²) in [7, 11) is 1.73. The summed E-state index contributed by atoms with van der Waals surface area (Å²) in [4.78, 5) is 46.4. The molecular weight excluding hydrogens is 410 g/mol. The Bertz CT molecular complexity index is 893. The summed E-state index contributed by atoms with van der Waals surface area (Å²) in [5, 5.41) is 9.95. The van der Waals surface area contributed by atoms with E-state index in [2.05, 4.69) is 0 Å². The third-order valence-corrected chi connectivity index (χ3v) is 7.63. The van der Waals surface area contributed by atoms with Crippen LogP contribution in [0.2, 0.25) is 0 Å². The number of aliphatic hydroxyl groups is 1. The number of fused-ring (bicyclic) bond motifs is 2. The minimum Gasteiger partial charge on any atom is -0.394 e. The number of ether oxygens (including phenoxy) is 1. The molecule has 8 nitrogen and oxygen atoms in total. The molecule has 4 heterocycles. The zero-order valence-corrected chi connectivity index (χ0v) is 19.9. The highest BCUT2D eigenvalue weighted by molar-refractivity contribution is 6.00. The van der Waals surface area contributed by atoms with Crippen molar-refractivity contribution in [2.75, 3.05) is 26.7 Å². The number of hydrogen-bond acceptors (Lipinski definition) is 5. The number of likely N-dealkylation sites (tertiary alicyclic amines) is 1. The number of rotatable bonds is 3. The second-order valence-electron chi connectivity index (χ2n) is 10.5. The highest BCUT2D eigenvalue weighted by Crippen LogP contribution is 2.58. The monoisotopic (exact) mass is 445 g/mol. The van der Waals surface area contributed by atoms with Crippen LogP contribution < -0.4 is 0 Å². The maximum Gasteiger partial charge on any atom is 0.249 e. The van der Waals surface area contributed by atoms with Gasteiger partial charge in [-0.15, -0.1) is 0 Å². The fourth-order valence-corrected chi connectivity index (χ4v) is 5.99. The lowest BCUT2D eigenvalue weighted by molar-refractivity contribution is -0.159. The molecule has 6 atom stereocenters. The standard InChI is InChI=1S/C24H35N3O5/c1-7-23-10-8-12-25(6)19(29)16(23)17-20(30)27(15(2)14-28)18-21(31)26(22(3,4)5)13-9-11-24(17,18)32-23/h8-11,15-18,28H,7,12-14H2,1-6H3/t15-,16-,17+,18?,23+,24+/m1/s1. The Morgan fingerprint density at radius 1 is 1.09 bits per heavy atom. The Morgan fingerprint density at radius 3 is 2.34 bits per heavy atom. The first-order chi connectivity index (χ1) is 14.9. The third kappa shape index (κ3) is 2.91. The first kappa shape index (κ1) is 23.0. The van der Waals surface area contributed by atoms with E-state index < -0.39 is 40.7 Å². The van der Waals surface area contributed by atoms with Crippen molar-refractivity contribution in [1.29, 1.82) is 0 Å². The number of carbonyl (C=O) groups excluding carboxylic acids is 3. The lowest BCUT2D eigenvalue weighted by Gasteiger charge is -2.42. The average molecular weight is 446 g/mol. The van der Waals surface area contributed by atoms with Gasteiger partial charge >= 0.3 is 0 Å². The van der Waals surface area contributed by atoms with Crippen molar-refractivity contribution < 1.29 is 24.2 Å². The number of hydrogen-bond donors (Lipinski definition) is 1. The summed E-state index contributed by atoms with van der Waals surface area (Å²) in [6.07, 6.45) is 8.08. The van der Waals surface area contributed by atoms with Gasteiger partial charge in [0.05, 0.1) is 30.1 Å². The Morgan fingerprint density at radius 2 is 1.75 bits per heavy atom. The van der Waals surface area contributed by atoms with Gasteiger partial charge in [0.2, 0.25) is 17.7 Å². The lowest BCUT2D eigenvalue weighted by atomic mass is 9.73. The van der Waals surface area contributed by atoms with E-state index in [1.807, 2.05) is 52.0 Å². The maximum atomic E-state index is 14.0. The van der Waals surface area contributed by atoms with Crippen LogP contribution in [0.25, 0.3) is 0 Å². The molecule has 4 rings (SSSR count). The molecule has 1 N–H and O–H groups in total. The lowest BCUT2D eigenvalue weighted by Crippen LogP contribution is -2.60. The smallest absolute Gasteiger partial charge is 0.249 e. The predicted molar refractivity (Wildman–Crippen MR) is 118 cm³/mol. The van der Waals surface area contributed by atoms with E-state index in [1.54, 1.807) is 23.8 Å². The summed E-state index contributed by atoms with van der Waals surface area (Å²) < 4.78 is 6.81. The van der Waals surface area contributed by atoms with Crippen LogP contribution in [-0.4, -0.2) is 93.1 Å². The normalized spacial score (nSPS) is 37.9. The first-order valence-corrected chi connectivity index (χ1v) is 11.5. The van der Waals surface area contributed by atoms with Gasteiger partial charge in [-0.2, -0.15) is 0 Å². The highest BCUT2D eigenvalue weighted by atomic mass is 16.5. The largest absolute Gasteiger partial charge is 0.394 e. The molecule has 1 unspecified atom stereocenters. The molecule has 4 aliphatic rings. The van der Waals surface area contributed by atoms with Crippen molar-refractivity contribution in [3.05, 3.63) is 24.3 Å². The van der Waals surface area contributed by atoms with E-state index in [9.17, 15) is 19.5 Å². The molecule has 3 amide bonds. The van der Waals surface area contributed by atoms with Crippen LogP contribution in [0.5, 0.6) is 0 Å². The topological polar surface area (TPSA) is 90.4 Å².